The number of hydrogen-bond acceptors (Lipinski definition) is 3. The van der Waals surface area contributed by atoms with Gasteiger partial charge >= 0.3 is 5.66 Å². The molecule has 20 heavy (non-hydrogen) atoms. The van der Waals surface area contributed by atoms with E-state index in [4.69, 9.17) is 11.8 Å². The van der Waals surface area contributed by atoms with Gasteiger partial charge in [-0.05, 0) is 19.4 Å². The highest BCUT2D eigenvalue weighted by Gasteiger charge is 2.23. The van der Waals surface area contributed by atoms with Gasteiger partial charge in [0.25, 0.3) is 0 Å². The van der Waals surface area contributed by atoms with Gasteiger partial charge < -0.3 is 0 Å². The van der Waals surface area contributed by atoms with E-state index >= 15 is 0 Å². The van der Waals surface area contributed by atoms with E-state index in [0.29, 0.717) is 0 Å². The van der Waals surface area contributed by atoms with Gasteiger partial charge in [-0.15, -0.1) is 5.11 Å². The van der Waals surface area contributed by atoms with Crippen LogP contribution in [-0.2, 0) is 0 Å². The molecule has 0 atom stereocenters. The summed E-state index contributed by atoms with van der Waals surface area (Å²) in [5.41, 5.74) is -0.511. The van der Waals surface area contributed by atoms with E-state index in [1.807, 2.05) is 42.5 Å². The Balaban J connectivity index is 0.000000388. The van der Waals surface area contributed by atoms with Crippen molar-refractivity contribution in [3.63, 3.8) is 0 Å². The minimum Gasteiger partial charge on any atom is -0.284 e. The third kappa shape index (κ3) is 7.79. The van der Waals surface area contributed by atoms with Crippen molar-refractivity contribution in [1.82, 2.24) is 0 Å². The first-order chi connectivity index (χ1) is 9.26. The molecule has 4 heteroatoms. The van der Waals surface area contributed by atoms with Gasteiger partial charge in [0.05, 0.1) is 6.07 Å². The molecule has 0 aliphatic carbocycles. The average Bonchev–Trinajstić information content (AvgIpc) is 2.47. The van der Waals surface area contributed by atoms with Gasteiger partial charge in [-0.2, -0.15) is 10.4 Å². The molecule has 0 bridgehead atoms. The molecule has 0 amide bonds. The standard InChI is InChI=1S/C8H12N4.C8H8/c1-7(2,6-9)11-12-8(3,4)10-5;1-2-8-6-4-3-5-7-8/h1-4H3;2-7H,1H2. The van der Waals surface area contributed by atoms with Crippen LogP contribution in [0.25, 0.3) is 10.9 Å². The number of rotatable bonds is 3. The molecule has 4 nitrogen and oxygen atoms in total. The van der Waals surface area contributed by atoms with Crippen molar-refractivity contribution < 1.29 is 0 Å². The largest absolute Gasteiger partial charge is 0.335 e. The Hall–Kier alpha value is -2.46. The van der Waals surface area contributed by atoms with Crippen LogP contribution in [0.2, 0.25) is 0 Å². The normalized spacial score (nSPS) is 10.9. The van der Waals surface area contributed by atoms with Gasteiger partial charge in [0.2, 0.25) is 0 Å². The second-order valence-electron chi connectivity index (χ2n) is 5.09. The molecule has 0 aromatic heterocycles. The first-order valence-corrected chi connectivity index (χ1v) is 6.18. The van der Waals surface area contributed by atoms with Crippen molar-refractivity contribution in [3.05, 3.63) is 53.9 Å². The molecule has 1 aromatic carbocycles. The maximum Gasteiger partial charge on any atom is 0.335 e. The summed E-state index contributed by atoms with van der Waals surface area (Å²) in [5, 5.41) is 16.1. The molecule has 1 rings (SSSR count). The lowest BCUT2D eigenvalue weighted by Crippen LogP contribution is -2.16. The molecule has 104 valence electrons. The number of nitriles is 1. The molecular weight excluding hydrogens is 248 g/mol. The third-order valence-corrected chi connectivity index (χ3v) is 2.13. The van der Waals surface area contributed by atoms with Crippen LogP contribution in [0.3, 0.4) is 0 Å². The Morgan fingerprint density at radius 2 is 1.75 bits per heavy atom. The molecule has 0 saturated heterocycles. The lowest BCUT2D eigenvalue weighted by molar-refractivity contribution is 0.531. The number of nitrogens with zero attached hydrogens (tertiary/aromatic N) is 4. The Morgan fingerprint density at radius 3 is 2.10 bits per heavy atom. The predicted octanol–water partition coefficient (Wildman–Crippen LogP) is 4.73. The van der Waals surface area contributed by atoms with Crippen molar-refractivity contribution in [2.75, 3.05) is 0 Å². The van der Waals surface area contributed by atoms with Crippen LogP contribution in [0.15, 0.2) is 47.1 Å². The van der Waals surface area contributed by atoms with Crippen LogP contribution >= 0.6 is 0 Å². The van der Waals surface area contributed by atoms with E-state index in [2.05, 4.69) is 21.7 Å². The van der Waals surface area contributed by atoms with Crippen molar-refractivity contribution in [1.29, 1.82) is 5.26 Å². The van der Waals surface area contributed by atoms with Gasteiger partial charge in [-0.3, -0.25) is 4.85 Å². The third-order valence-electron chi connectivity index (χ3n) is 2.13. The highest BCUT2D eigenvalue weighted by molar-refractivity contribution is 5.45. The Labute approximate surface area is 121 Å². The van der Waals surface area contributed by atoms with Crippen molar-refractivity contribution >= 4 is 6.08 Å². The Kier molecular flexibility index (Phi) is 6.89. The predicted molar refractivity (Wildman–Crippen MR) is 81.8 cm³/mol. The summed E-state index contributed by atoms with van der Waals surface area (Å²) in [6, 6.07) is 12.0. The maximum atomic E-state index is 8.58. The molecule has 0 radical (unpaired) electrons. The van der Waals surface area contributed by atoms with Crippen molar-refractivity contribution in [3.8, 4) is 6.07 Å². The Bertz CT molecular complexity index is 500. The van der Waals surface area contributed by atoms with E-state index in [1.54, 1.807) is 27.7 Å². The maximum absolute atomic E-state index is 8.58. The first kappa shape index (κ1) is 17.5. The fourth-order valence-electron chi connectivity index (χ4n) is 0.881. The van der Waals surface area contributed by atoms with E-state index in [0.717, 1.165) is 0 Å². The second-order valence-corrected chi connectivity index (χ2v) is 5.09. The molecule has 0 fully saturated rings. The summed E-state index contributed by atoms with van der Waals surface area (Å²) in [7, 11) is 0. The molecule has 0 aliphatic heterocycles. The molecule has 0 aliphatic rings. The summed E-state index contributed by atoms with van der Waals surface area (Å²) in [4.78, 5) is 3.24. The van der Waals surface area contributed by atoms with Gasteiger partial charge in [0, 0.05) is 13.8 Å². The molecule has 0 heterocycles. The zero-order valence-corrected chi connectivity index (χ0v) is 12.5. The summed E-state index contributed by atoms with van der Waals surface area (Å²) >= 11 is 0. The zero-order chi connectivity index (χ0) is 15.6. The van der Waals surface area contributed by atoms with Gasteiger partial charge in [-0.1, -0.05) is 43.0 Å². The van der Waals surface area contributed by atoms with E-state index < -0.39 is 11.2 Å². The van der Waals surface area contributed by atoms with Gasteiger partial charge in [0.15, 0.2) is 5.54 Å². The van der Waals surface area contributed by atoms with Crippen LogP contribution < -0.4 is 0 Å². The van der Waals surface area contributed by atoms with Crippen molar-refractivity contribution in [2.24, 2.45) is 10.2 Å². The molecule has 0 N–H and O–H groups in total. The van der Waals surface area contributed by atoms with Crippen LogP contribution in [0.4, 0.5) is 0 Å². The van der Waals surface area contributed by atoms with Crippen LogP contribution in [-0.4, -0.2) is 11.2 Å². The highest BCUT2D eigenvalue weighted by Crippen LogP contribution is 2.15. The van der Waals surface area contributed by atoms with Crippen LogP contribution in [0.5, 0.6) is 0 Å². The minimum absolute atomic E-state index is 0.831. The fourth-order valence-corrected chi connectivity index (χ4v) is 0.881. The SMILES string of the molecule is C=Cc1ccccc1.[C-]#[N+]C(C)(C)N=NC(C)(C)C#N. The van der Waals surface area contributed by atoms with Gasteiger partial charge in [0.1, 0.15) is 0 Å². The number of hydrogen-bond donors (Lipinski definition) is 0. The number of benzene rings is 1. The first-order valence-electron chi connectivity index (χ1n) is 6.18. The lowest BCUT2D eigenvalue weighted by atomic mass is 10.1. The molecule has 0 spiro atoms. The van der Waals surface area contributed by atoms with E-state index in [9.17, 15) is 0 Å². The van der Waals surface area contributed by atoms with Crippen LogP contribution in [0, 0.1) is 17.9 Å². The molecular formula is C16H20N4. The summed E-state index contributed by atoms with van der Waals surface area (Å²) in [6.45, 7) is 17.0. The topological polar surface area (TPSA) is 52.9 Å². The fraction of sp³-hybridized carbons (Fsp3) is 0.375. The monoisotopic (exact) mass is 268 g/mol. The van der Waals surface area contributed by atoms with E-state index in [1.165, 1.54) is 5.56 Å². The summed E-state index contributed by atoms with van der Waals surface area (Å²) < 4.78 is 0. The highest BCUT2D eigenvalue weighted by atomic mass is 15.2. The van der Waals surface area contributed by atoms with Crippen molar-refractivity contribution in [2.45, 2.75) is 38.9 Å². The van der Waals surface area contributed by atoms with Crippen LogP contribution in [0.1, 0.15) is 33.3 Å². The van der Waals surface area contributed by atoms with E-state index in [-0.39, 0.29) is 0 Å². The van der Waals surface area contributed by atoms with Gasteiger partial charge in [-0.25, -0.2) is 6.57 Å². The molecule has 0 unspecified atom stereocenters. The summed E-state index contributed by atoms with van der Waals surface area (Å²) in [5.74, 6) is 0. The second kappa shape index (κ2) is 7.86. The Morgan fingerprint density at radius 1 is 1.20 bits per heavy atom. The average molecular weight is 268 g/mol. The smallest absolute Gasteiger partial charge is 0.284 e. The number of azo groups is 1. The summed E-state index contributed by atoms with van der Waals surface area (Å²) in [6.07, 6.45) is 1.83. The molecule has 0 saturated carbocycles. The minimum atomic E-state index is -0.853. The molecule has 1 aromatic rings. The lowest BCUT2D eigenvalue weighted by Gasteiger charge is -2.08. The zero-order valence-electron chi connectivity index (χ0n) is 12.5. The quantitative estimate of drug-likeness (QED) is 0.577.